The van der Waals surface area contributed by atoms with Gasteiger partial charge in [0.2, 0.25) is 0 Å². The first-order valence-corrected chi connectivity index (χ1v) is 8.67. The normalized spacial score (nSPS) is 22.9. The zero-order valence-electron chi connectivity index (χ0n) is 16.0. The monoisotopic (exact) mass is 337 g/mol. The number of nitrogens with zero attached hydrogens (tertiary/aromatic N) is 3. The standard InChI is InChI=1S/C18H31N3O3/c1-12-10-20(11-13(2)21(12)8-9-23-7)17(22)15-14(3)24-19-16(15)18(4,5)6/h12-13H,8-11H2,1-7H3. The molecule has 0 aliphatic carbocycles. The van der Waals surface area contributed by atoms with Crippen LogP contribution in [-0.2, 0) is 10.2 Å². The minimum Gasteiger partial charge on any atom is -0.383 e. The second kappa shape index (κ2) is 7.23. The summed E-state index contributed by atoms with van der Waals surface area (Å²) in [6, 6.07) is 0.595. The van der Waals surface area contributed by atoms with Crippen LogP contribution in [0.5, 0.6) is 0 Å². The number of methoxy groups -OCH3 is 1. The lowest BCUT2D eigenvalue weighted by Crippen LogP contribution is -2.58. The van der Waals surface area contributed by atoms with Gasteiger partial charge in [-0.25, -0.2) is 0 Å². The second-order valence-electron chi connectivity index (χ2n) is 7.85. The predicted molar refractivity (Wildman–Crippen MR) is 93.3 cm³/mol. The summed E-state index contributed by atoms with van der Waals surface area (Å²) in [6.45, 7) is 15.3. The molecular weight excluding hydrogens is 306 g/mol. The lowest BCUT2D eigenvalue weighted by atomic mass is 9.88. The van der Waals surface area contributed by atoms with Crippen molar-refractivity contribution in [2.75, 3.05) is 33.4 Å². The first-order chi connectivity index (χ1) is 11.2. The molecule has 6 heteroatoms. The third-order valence-corrected chi connectivity index (χ3v) is 4.73. The van der Waals surface area contributed by atoms with Crippen LogP contribution in [0.25, 0.3) is 0 Å². The Bertz CT molecular complexity index is 565. The quantitative estimate of drug-likeness (QED) is 0.845. The smallest absolute Gasteiger partial charge is 0.259 e. The Morgan fingerprint density at radius 1 is 1.29 bits per heavy atom. The third-order valence-electron chi connectivity index (χ3n) is 4.73. The Kier molecular flexibility index (Phi) is 5.71. The number of amides is 1. The Morgan fingerprint density at radius 3 is 2.38 bits per heavy atom. The van der Waals surface area contributed by atoms with Crippen molar-refractivity contribution in [3.63, 3.8) is 0 Å². The van der Waals surface area contributed by atoms with Crippen molar-refractivity contribution in [2.24, 2.45) is 0 Å². The van der Waals surface area contributed by atoms with Crippen LogP contribution in [0.1, 0.15) is 56.4 Å². The van der Waals surface area contributed by atoms with Gasteiger partial charge in [0.15, 0.2) is 0 Å². The van der Waals surface area contributed by atoms with Crippen LogP contribution in [0.2, 0.25) is 0 Å². The van der Waals surface area contributed by atoms with Gasteiger partial charge >= 0.3 is 0 Å². The average molecular weight is 337 g/mol. The van der Waals surface area contributed by atoms with E-state index < -0.39 is 0 Å². The van der Waals surface area contributed by atoms with E-state index in [1.807, 2.05) is 11.8 Å². The van der Waals surface area contributed by atoms with Crippen molar-refractivity contribution in [3.8, 4) is 0 Å². The van der Waals surface area contributed by atoms with E-state index >= 15 is 0 Å². The number of hydrogen-bond donors (Lipinski definition) is 0. The zero-order chi connectivity index (χ0) is 18.1. The fraction of sp³-hybridized carbons (Fsp3) is 0.778. The van der Waals surface area contributed by atoms with Gasteiger partial charge in [-0.05, 0) is 20.8 Å². The van der Waals surface area contributed by atoms with Crippen LogP contribution >= 0.6 is 0 Å². The molecule has 1 fully saturated rings. The Balaban J connectivity index is 2.19. The van der Waals surface area contributed by atoms with E-state index in [2.05, 4.69) is 44.7 Å². The third kappa shape index (κ3) is 3.81. The molecule has 0 saturated carbocycles. The molecule has 2 rings (SSSR count). The number of aryl methyl sites for hydroxylation is 1. The summed E-state index contributed by atoms with van der Waals surface area (Å²) >= 11 is 0. The summed E-state index contributed by atoms with van der Waals surface area (Å²) in [5.41, 5.74) is 1.15. The van der Waals surface area contributed by atoms with Gasteiger partial charge in [0.25, 0.3) is 5.91 Å². The molecule has 1 amide bonds. The van der Waals surface area contributed by atoms with E-state index in [1.54, 1.807) is 7.11 Å². The van der Waals surface area contributed by atoms with Crippen LogP contribution in [0, 0.1) is 6.92 Å². The molecule has 1 aliphatic rings. The van der Waals surface area contributed by atoms with Gasteiger partial charge in [-0.3, -0.25) is 9.69 Å². The zero-order valence-corrected chi connectivity index (χ0v) is 16.0. The molecule has 24 heavy (non-hydrogen) atoms. The molecule has 2 atom stereocenters. The minimum absolute atomic E-state index is 0.0313. The number of carbonyl (C=O) groups excluding carboxylic acids is 1. The van der Waals surface area contributed by atoms with Crippen LogP contribution in [0.4, 0.5) is 0 Å². The molecule has 2 unspecified atom stereocenters. The number of ether oxygens (including phenoxy) is 1. The lowest BCUT2D eigenvalue weighted by Gasteiger charge is -2.44. The topological polar surface area (TPSA) is 58.8 Å². The molecule has 0 aromatic carbocycles. The molecule has 1 aromatic heterocycles. The summed E-state index contributed by atoms with van der Waals surface area (Å²) in [7, 11) is 1.72. The van der Waals surface area contributed by atoms with E-state index in [1.165, 1.54) is 0 Å². The van der Waals surface area contributed by atoms with Gasteiger partial charge in [-0.1, -0.05) is 25.9 Å². The maximum atomic E-state index is 13.1. The van der Waals surface area contributed by atoms with Crippen LogP contribution in [-0.4, -0.2) is 66.3 Å². The highest BCUT2D eigenvalue weighted by Gasteiger charge is 2.36. The number of carbonyl (C=O) groups is 1. The van der Waals surface area contributed by atoms with Crippen LogP contribution in [0.15, 0.2) is 4.52 Å². The molecule has 136 valence electrons. The van der Waals surface area contributed by atoms with Crippen LogP contribution in [0.3, 0.4) is 0 Å². The number of piperazine rings is 1. The van der Waals surface area contributed by atoms with Crippen molar-refractivity contribution >= 4 is 5.91 Å². The summed E-state index contributed by atoms with van der Waals surface area (Å²) in [5.74, 6) is 0.635. The molecule has 0 radical (unpaired) electrons. The molecule has 2 heterocycles. The van der Waals surface area contributed by atoms with Crippen molar-refractivity contribution < 1.29 is 14.1 Å². The van der Waals surface area contributed by atoms with Crippen LogP contribution < -0.4 is 0 Å². The SMILES string of the molecule is COCCN1C(C)CN(C(=O)c2c(C(C)(C)C)noc2C)CC1C. The van der Waals surface area contributed by atoms with Gasteiger partial charge < -0.3 is 14.2 Å². The molecule has 0 bridgehead atoms. The van der Waals surface area contributed by atoms with Gasteiger partial charge in [0.05, 0.1) is 6.61 Å². The molecule has 0 N–H and O–H groups in total. The fourth-order valence-corrected chi connectivity index (χ4v) is 3.45. The highest BCUT2D eigenvalue weighted by molar-refractivity contribution is 5.96. The van der Waals surface area contributed by atoms with Gasteiger partial charge in [0, 0.05) is 44.2 Å². The average Bonchev–Trinajstić information content (AvgIpc) is 2.87. The summed E-state index contributed by atoms with van der Waals surface area (Å²) < 4.78 is 10.5. The number of aromatic nitrogens is 1. The van der Waals surface area contributed by atoms with Gasteiger partial charge in [-0.2, -0.15) is 0 Å². The maximum absolute atomic E-state index is 13.1. The van der Waals surface area contributed by atoms with Gasteiger partial charge in [-0.15, -0.1) is 0 Å². The Hall–Kier alpha value is -1.40. The molecule has 1 aliphatic heterocycles. The van der Waals surface area contributed by atoms with Gasteiger partial charge in [0.1, 0.15) is 17.0 Å². The number of hydrogen-bond acceptors (Lipinski definition) is 5. The first-order valence-electron chi connectivity index (χ1n) is 8.67. The molecule has 0 spiro atoms. The highest BCUT2D eigenvalue weighted by atomic mass is 16.5. The van der Waals surface area contributed by atoms with E-state index in [9.17, 15) is 4.79 Å². The maximum Gasteiger partial charge on any atom is 0.259 e. The second-order valence-corrected chi connectivity index (χ2v) is 7.85. The molecular formula is C18H31N3O3. The molecule has 6 nitrogen and oxygen atoms in total. The lowest BCUT2D eigenvalue weighted by molar-refractivity contribution is 0.0191. The first kappa shape index (κ1) is 18.9. The predicted octanol–water partition coefficient (Wildman–Crippen LogP) is 2.46. The minimum atomic E-state index is -0.222. The summed E-state index contributed by atoms with van der Waals surface area (Å²) in [5, 5.41) is 4.15. The molecule has 1 saturated heterocycles. The van der Waals surface area contributed by atoms with E-state index in [0.29, 0.717) is 43.1 Å². The van der Waals surface area contributed by atoms with Crippen molar-refractivity contribution in [3.05, 3.63) is 17.0 Å². The molecule has 1 aromatic rings. The van der Waals surface area contributed by atoms with E-state index in [0.717, 1.165) is 12.2 Å². The number of rotatable bonds is 4. The van der Waals surface area contributed by atoms with E-state index in [4.69, 9.17) is 9.26 Å². The highest BCUT2D eigenvalue weighted by Crippen LogP contribution is 2.29. The Labute approximate surface area is 145 Å². The largest absolute Gasteiger partial charge is 0.383 e. The van der Waals surface area contributed by atoms with E-state index in [-0.39, 0.29) is 11.3 Å². The summed E-state index contributed by atoms with van der Waals surface area (Å²) in [6.07, 6.45) is 0. The Morgan fingerprint density at radius 2 is 1.88 bits per heavy atom. The van der Waals surface area contributed by atoms with Crippen molar-refractivity contribution in [2.45, 2.75) is 59.0 Å². The summed E-state index contributed by atoms with van der Waals surface area (Å²) in [4.78, 5) is 17.5. The fourth-order valence-electron chi connectivity index (χ4n) is 3.45. The van der Waals surface area contributed by atoms with Crippen molar-refractivity contribution in [1.29, 1.82) is 0 Å². The van der Waals surface area contributed by atoms with Crippen molar-refractivity contribution in [1.82, 2.24) is 15.0 Å².